The topological polar surface area (TPSA) is 172 Å². The number of hydrogen-bond donors (Lipinski definition) is 4. The zero-order chi connectivity index (χ0) is 38.1. The van der Waals surface area contributed by atoms with Gasteiger partial charge in [-0.25, -0.2) is 8.78 Å². The van der Waals surface area contributed by atoms with Gasteiger partial charge in [-0.05, 0) is 67.8 Å². The fourth-order valence-electron chi connectivity index (χ4n) is 6.76. The number of imide groups is 2. The molecule has 2 aliphatic heterocycles. The van der Waals surface area contributed by atoms with Crippen LogP contribution < -0.4 is 26.2 Å². The van der Waals surface area contributed by atoms with Crippen molar-refractivity contribution >= 4 is 51.8 Å². The van der Waals surface area contributed by atoms with Gasteiger partial charge in [-0.15, -0.1) is 0 Å². The van der Waals surface area contributed by atoms with E-state index in [0.29, 0.717) is 65.3 Å². The molecule has 0 spiro atoms. The summed E-state index contributed by atoms with van der Waals surface area (Å²) in [4.78, 5) is 80.0. The van der Waals surface area contributed by atoms with Crippen LogP contribution in [0.5, 0.6) is 11.5 Å². The fraction of sp³-hybridized carbons (Fsp3) is 0.231. The Morgan fingerprint density at radius 1 is 0.907 bits per heavy atom. The Labute approximate surface area is 306 Å². The lowest BCUT2D eigenvalue weighted by Crippen LogP contribution is -2.54. The summed E-state index contributed by atoms with van der Waals surface area (Å²) in [5.74, 6) is -4.18. The van der Waals surface area contributed by atoms with Gasteiger partial charge in [0.25, 0.3) is 17.4 Å². The zero-order valence-electron chi connectivity index (χ0n) is 29.0. The number of amides is 5. The SMILES string of the molecule is Cn1cc(-c2cc(NC(=O)CCCCCNc3cccc4c3C(=O)N(C3CCC(=O)NC3=O)C4=O)ccc2Oc2ccc(F)cc2F)c2cc[nH]c2c1=O. The number of rotatable bonds is 12. The molecule has 15 heteroatoms. The summed E-state index contributed by atoms with van der Waals surface area (Å²) < 4.78 is 35.5. The van der Waals surface area contributed by atoms with Crippen molar-refractivity contribution < 1.29 is 37.5 Å². The Morgan fingerprint density at radius 2 is 1.72 bits per heavy atom. The van der Waals surface area contributed by atoms with Crippen molar-refractivity contribution in [3.63, 3.8) is 0 Å². The average molecular weight is 737 g/mol. The number of halogens is 2. The molecular weight excluding hydrogens is 702 g/mol. The highest BCUT2D eigenvalue weighted by Crippen LogP contribution is 2.39. The maximum atomic E-state index is 14.6. The predicted octanol–water partition coefficient (Wildman–Crippen LogP) is 5.62. The van der Waals surface area contributed by atoms with Crippen molar-refractivity contribution in [3.8, 4) is 22.6 Å². The molecular formula is C39H34F2N6O7. The number of benzene rings is 3. The molecule has 1 unspecified atom stereocenters. The number of ether oxygens (including phenoxy) is 1. The smallest absolute Gasteiger partial charge is 0.274 e. The van der Waals surface area contributed by atoms with Gasteiger partial charge in [-0.2, -0.15) is 0 Å². The van der Waals surface area contributed by atoms with E-state index in [2.05, 4.69) is 20.9 Å². The van der Waals surface area contributed by atoms with Crippen LogP contribution in [0.2, 0.25) is 0 Å². The first-order chi connectivity index (χ1) is 26.0. The molecule has 276 valence electrons. The number of fused-ring (bicyclic) bond motifs is 2. The highest BCUT2D eigenvalue weighted by molar-refractivity contribution is 6.25. The molecule has 4 N–H and O–H groups in total. The molecule has 2 aliphatic rings. The van der Waals surface area contributed by atoms with Crippen LogP contribution in [0.1, 0.15) is 59.2 Å². The van der Waals surface area contributed by atoms with Gasteiger partial charge < -0.3 is 24.9 Å². The molecule has 1 fully saturated rings. The van der Waals surface area contributed by atoms with Crippen molar-refractivity contribution in [1.29, 1.82) is 0 Å². The molecule has 13 nitrogen and oxygen atoms in total. The van der Waals surface area contributed by atoms with Gasteiger partial charge in [0.05, 0.1) is 11.1 Å². The normalized spacial score (nSPS) is 15.4. The summed E-state index contributed by atoms with van der Waals surface area (Å²) in [5, 5.41) is 8.87. The Kier molecular flexibility index (Phi) is 9.78. The minimum absolute atomic E-state index is 0.0323. The molecule has 1 saturated heterocycles. The molecule has 4 heterocycles. The molecule has 7 rings (SSSR count). The number of H-pyrrole nitrogens is 1. The number of pyridine rings is 1. The van der Waals surface area contributed by atoms with Gasteiger partial charge in [0.1, 0.15) is 23.1 Å². The molecule has 5 amide bonds. The molecule has 2 aromatic heterocycles. The Bertz CT molecular complexity index is 2420. The number of aromatic nitrogens is 2. The first-order valence-corrected chi connectivity index (χ1v) is 17.3. The van der Waals surface area contributed by atoms with Crippen molar-refractivity contribution in [2.75, 3.05) is 17.2 Å². The van der Waals surface area contributed by atoms with Crippen LogP contribution in [0.15, 0.2) is 77.9 Å². The van der Waals surface area contributed by atoms with Gasteiger partial charge in [0, 0.05) is 72.8 Å². The van der Waals surface area contributed by atoms with Crippen LogP contribution in [0.3, 0.4) is 0 Å². The first kappa shape index (κ1) is 35.7. The zero-order valence-corrected chi connectivity index (χ0v) is 29.0. The second-order valence-corrected chi connectivity index (χ2v) is 13.1. The van der Waals surface area contributed by atoms with Crippen LogP contribution >= 0.6 is 0 Å². The molecule has 1 atom stereocenters. The lowest BCUT2D eigenvalue weighted by Gasteiger charge is -2.27. The number of aryl methyl sites for hydroxylation is 1. The Balaban J connectivity index is 0.978. The average Bonchev–Trinajstić information content (AvgIpc) is 3.73. The number of aromatic amines is 1. The number of nitrogens with one attached hydrogen (secondary N) is 4. The van der Waals surface area contributed by atoms with Gasteiger partial charge >= 0.3 is 0 Å². The number of nitrogens with zero attached hydrogens (tertiary/aromatic N) is 2. The van der Waals surface area contributed by atoms with Crippen molar-refractivity contribution in [2.24, 2.45) is 7.05 Å². The summed E-state index contributed by atoms with van der Waals surface area (Å²) in [6, 6.07) is 13.3. The van der Waals surface area contributed by atoms with E-state index in [4.69, 9.17) is 4.74 Å². The number of unbranched alkanes of at least 4 members (excludes halogenated alkanes) is 2. The van der Waals surface area contributed by atoms with Crippen molar-refractivity contribution in [3.05, 3.63) is 106 Å². The third-order valence-corrected chi connectivity index (χ3v) is 9.43. The lowest BCUT2D eigenvalue weighted by molar-refractivity contribution is -0.136. The van der Waals surface area contributed by atoms with E-state index < -0.39 is 41.3 Å². The molecule has 3 aromatic carbocycles. The van der Waals surface area contributed by atoms with Crippen molar-refractivity contribution in [1.82, 2.24) is 19.8 Å². The van der Waals surface area contributed by atoms with E-state index in [1.54, 1.807) is 55.8 Å². The Morgan fingerprint density at radius 3 is 2.52 bits per heavy atom. The van der Waals surface area contributed by atoms with Gasteiger partial charge in [-0.1, -0.05) is 12.5 Å². The molecule has 0 radical (unpaired) electrons. The second-order valence-electron chi connectivity index (χ2n) is 13.1. The van der Waals surface area contributed by atoms with E-state index in [1.165, 1.54) is 16.7 Å². The summed E-state index contributed by atoms with van der Waals surface area (Å²) in [5.41, 5.74) is 2.39. The monoisotopic (exact) mass is 736 g/mol. The Hall–Kier alpha value is -6.64. The van der Waals surface area contributed by atoms with Gasteiger partial charge in [0.2, 0.25) is 17.7 Å². The van der Waals surface area contributed by atoms with E-state index in [9.17, 15) is 37.5 Å². The van der Waals surface area contributed by atoms with E-state index >= 15 is 0 Å². The summed E-state index contributed by atoms with van der Waals surface area (Å²) in [6.45, 7) is 0.449. The van der Waals surface area contributed by atoms with E-state index in [0.717, 1.165) is 11.0 Å². The van der Waals surface area contributed by atoms with E-state index in [-0.39, 0.29) is 53.4 Å². The third kappa shape index (κ3) is 6.95. The second kappa shape index (κ2) is 14.8. The van der Waals surface area contributed by atoms with Crippen LogP contribution in [0, 0.1) is 11.6 Å². The van der Waals surface area contributed by atoms with Crippen LogP contribution in [-0.4, -0.2) is 56.6 Å². The molecule has 54 heavy (non-hydrogen) atoms. The number of hydrogen-bond acceptors (Lipinski definition) is 8. The highest BCUT2D eigenvalue weighted by atomic mass is 19.1. The van der Waals surface area contributed by atoms with Crippen LogP contribution in [-0.2, 0) is 21.4 Å². The quantitative estimate of drug-likeness (QED) is 0.0945. The minimum Gasteiger partial charge on any atom is -0.454 e. The molecule has 0 bridgehead atoms. The number of carbonyl (C=O) groups is 5. The molecule has 0 saturated carbocycles. The number of carbonyl (C=O) groups excluding carboxylic acids is 5. The maximum Gasteiger partial charge on any atom is 0.274 e. The number of anilines is 2. The highest BCUT2D eigenvalue weighted by Gasteiger charge is 2.45. The van der Waals surface area contributed by atoms with Gasteiger partial charge in [-0.3, -0.25) is 39.0 Å². The van der Waals surface area contributed by atoms with Crippen molar-refractivity contribution in [2.45, 2.75) is 44.6 Å². The molecule has 0 aliphatic carbocycles. The minimum atomic E-state index is -1.05. The number of piperidine rings is 1. The summed E-state index contributed by atoms with van der Waals surface area (Å²) in [6.07, 6.45) is 5.40. The fourth-order valence-corrected chi connectivity index (χ4v) is 6.76. The standard InChI is InChI=1S/C39H34F2N6O7/c1-46-20-26(23-15-17-43-35(23)39(46)53)25-19-22(10-13-30(25)54-31-12-9-21(40)18-27(31)41)44-32(48)8-3-2-4-16-42-28-7-5-6-24-34(28)38(52)47(37(24)51)29-11-14-33(49)45-36(29)50/h5-7,9-10,12-13,15,17-20,29,42-43H,2-4,8,11,14,16H2,1H3,(H,44,48)(H,45,49,50). The lowest BCUT2D eigenvalue weighted by atomic mass is 10.0. The third-order valence-electron chi connectivity index (χ3n) is 9.43. The summed E-state index contributed by atoms with van der Waals surface area (Å²) in [7, 11) is 1.60. The maximum absolute atomic E-state index is 14.6. The van der Waals surface area contributed by atoms with Crippen LogP contribution in [0.4, 0.5) is 20.2 Å². The molecule has 5 aromatic rings. The van der Waals surface area contributed by atoms with Crippen LogP contribution in [0.25, 0.3) is 22.0 Å². The summed E-state index contributed by atoms with van der Waals surface area (Å²) >= 11 is 0. The van der Waals surface area contributed by atoms with Gasteiger partial charge in [0.15, 0.2) is 11.6 Å². The first-order valence-electron chi connectivity index (χ1n) is 17.3. The predicted molar refractivity (Wildman–Crippen MR) is 194 cm³/mol. The largest absolute Gasteiger partial charge is 0.454 e. The van der Waals surface area contributed by atoms with E-state index in [1.807, 2.05) is 0 Å².